The van der Waals surface area contributed by atoms with E-state index in [-0.39, 0.29) is 5.41 Å². The van der Waals surface area contributed by atoms with Crippen LogP contribution in [0.1, 0.15) is 70.8 Å². The maximum Gasteiger partial charge on any atom is 0.0328 e. The maximum absolute atomic E-state index is 4.14. The average molecular weight is 540 g/mol. The van der Waals surface area contributed by atoms with Gasteiger partial charge in [-0.3, -0.25) is 4.98 Å². The first-order valence-corrected chi connectivity index (χ1v) is 14.1. The zero-order valence-corrected chi connectivity index (χ0v) is 24.3. The van der Waals surface area contributed by atoms with Crippen molar-refractivity contribution in [2.45, 2.75) is 26.2 Å². The quantitative estimate of drug-likeness (QED) is 0.164. The molecule has 1 aromatic heterocycles. The van der Waals surface area contributed by atoms with Crippen molar-refractivity contribution in [2.24, 2.45) is 0 Å². The minimum Gasteiger partial charge on any atom is -0.265 e. The van der Waals surface area contributed by atoms with E-state index in [2.05, 4.69) is 110 Å². The molecule has 0 amide bonds. The Morgan fingerprint density at radius 1 is 0.500 bits per heavy atom. The first kappa shape index (κ1) is 28.2. The van der Waals surface area contributed by atoms with Crippen LogP contribution in [0.25, 0.3) is 24.3 Å². The number of hydrogen-bond donors (Lipinski definition) is 0. The Kier molecular flexibility index (Phi) is 8.94. The standard InChI is InChI=1S/C41H33N/c1-41(2,3)40-24-18-34(19-25-40)16-22-38-30-37(21-15-33-12-8-5-9-13-33)39(23-17-35-26-28-42-29-27-35)31-36(38)20-14-32-10-6-4-7-11-32/h4-13,16-19,22-31H,1-3H3/b22-16+,23-17+. The van der Waals surface area contributed by atoms with Gasteiger partial charge in [-0.05, 0) is 81.8 Å². The summed E-state index contributed by atoms with van der Waals surface area (Å²) in [5.41, 5.74) is 9.54. The molecule has 5 rings (SSSR count). The molecule has 0 saturated carbocycles. The van der Waals surface area contributed by atoms with Gasteiger partial charge in [0, 0.05) is 34.6 Å². The van der Waals surface area contributed by atoms with Gasteiger partial charge in [-0.25, -0.2) is 0 Å². The van der Waals surface area contributed by atoms with Crippen LogP contribution in [0.5, 0.6) is 0 Å². The summed E-state index contributed by atoms with van der Waals surface area (Å²) in [6, 6.07) is 37.2. The van der Waals surface area contributed by atoms with Crippen LogP contribution in [0.3, 0.4) is 0 Å². The van der Waals surface area contributed by atoms with Gasteiger partial charge >= 0.3 is 0 Å². The highest BCUT2D eigenvalue weighted by Crippen LogP contribution is 2.24. The SMILES string of the molecule is CC(C)(C)c1ccc(/C=C/c2cc(C#Cc3ccccc3)c(/C=C/c3ccncc3)cc2C#Cc2ccccc2)cc1. The highest BCUT2D eigenvalue weighted by molar-refractivity contribution is 5.79. The van der Waals surface area contributed by atoms with Crippen molar-refractivity contribution in [1.29, 1.82) is 0 Å². The lowest BCUT2D eigenvalue weighted by Crippen LogP contribution is -2.10. The minimum absolute atomic E-state index is 0.119. The zero-order valence-electron chi connectivity index (χ0n) is 24.3. The number of pyridine rings is 1. The Balaban J connectivity index is 1.61. The molecular weight excluding hydrogens is 506 g/mol. The predicted molar refractivity (Wildman–Crippen MR) is 179 cm³/mol. The summed E-state index contributed by atoms with van der Waals surface area (Å²) in [5.74, 6) is 13.6. The molecule has 1 heteroatoms. The lowest BCUT2D eigenvalue weighted by molar-refractivity contribution is 0.590. The molecule has 42 heavy (non-hydrogen) atoms. The fraction of sp³-hybridized carbons (Fsp3) is 0.0976. The molecule has 0 saturated heterocycles. The highest BCUT2D eigenvalue weighted by Gasteiger charge is 2.12. The molecule has 0 N–H and O–H groups in total. The molecule has 0 aliphatic carbocycles. The van der Waals surface area contributed by atoms with Crippen LogP contribution in [-0.4, -0.2) is 4.98 Å². The molecule has 0 radical (unpaired) electrons. The van der Waals surface area contributed by atoms with Gasteiger partial charge in [-0.15, -0.1) is 0 Å². The molecule has 0 atom stereocenters. The molecule has 0 aliphatic heterocycles. The van der Waals surface area contributed by atoms with E-state index in [4.69, 9.17) is 0 Å². The average Bonchev–Trinajstić information content (AvgIpc) is 3.02. The van der Waals surface area contributed by atoms with E-state index in [1.165, 1.54) is 5.56 Å². The summed E-state index contributed by atoms with van der Waals surface area (Å²) in [5, 5.41) is 0. The van der Waals surface area contributed by atoms with Crippen molar-refractivity contribution in [3.63, 3.8) is 0 Å². The van der Waals surface area contributed by atoms with E-state index >= 15 is 0 Å². The number of aromatic nitrogens is 1. The Bertz CT molecular complexity index is 1810. The normalized spacial score (nSPS) is 11.1. The third-order valence-electron chi connectivity index (χ3n) is 6.85. The molecule has 0 unspecified atom stereocenters. The van der Waals surface area contributed by atoms with Crippen molar-refractivity contribution >= 4 is 24.3 Å². The predicted octanol–water partition coefficient (Wildman–Crippen LogP) is 9.52. The Morgan fingerprint density at radius 2 is 0.952 bits per heavy atom. The zero-order chi connectivity index (χ0) is 29.2. The Hall–Kier alpha value is -5.37. The van der Waals surface area contributed by atoms with E-state index in [0.717, 1.165) is 44.5 Å². The lowest BCUT2D eigenvalue weighted by Gasteiger charge is -2.18. The molecule has 0 spiro atoms. The summed E-state index contributed by atoms with van der Waals surface area (Å²) >= 11 is 0. The second-order valence-corrected chi connectivity index (χ2v) is 11.1. The molecule has 4 aromatic carbocycles. The van der Waals surface area contributed by atoms with Crippen LogP contribution >= 0.6 is 0 Å². The van der Waals surface area contributed by atoms with Crippen molar-refractivity contribution < 1.29 is 0 Å². The Labute approximate surface area is 250 Å². The van der Waals surface area contributed by atoms with E-state index in [1.54, 1.807) is 12.4 Å². The van der Waals surface area contributed by atoms with E-state index < -0.39 is 0 Å². The molecule has 0 aliphatic rings. The van der Waals surface area contributed by atoms with Gasteiger partial charge < -0.3 is 0 Å². The number of benzene rings is 4. The number of hydrogen-bond acceptors (Lipinski definition) is 1. The van der Waals surface area contributed by atoms with Gasteiger partial charge in [0.2, 0.25) is 0 Å². The topological polar surface area (TPSA) is 12.9 Å². The third-order valence-corrected chi connectivity index (χ3v) is 6.85. The summed E-state index contributed by atoms with van der Waals surface area (Å²) in [7, 11) is 0. The molecule has 1 heterocycles. The van der Waals surface area contributed by atoms with Crippen LogP contribution in [0, 0.1) is 23.7 Å². The van der Waals surface area contributed by atoms with Crippen molar-refractivity contribution in [3.8, 4) is 23.7 Å². The summed E-state index contributed by atoms with van der Waals surface area (Å²) < 4.78 is 0. The monoisotopic (exact) mass is 539 g/mol. The second kappa shape index (κ2) is 13.3. The molecular formula is C41H33N. The van der Waals surface area contributed by atoms with Crippen molar-refractivity contribution in [2.75, 3.05) is 0 Å². The summed E-state index contributed by atoms with van der Waals surface area (Å²) in [6.07, 6.45) is 12.1. The molecule has 202 valence electrons. The van der Waals surface area contributed by atoms with Crippen LogP contribution < -0.4 is 0 Å². The van der Waals surface area contributed by atoms with Gasteiger partial charge in [0.05, 0.1) is 0 Å². The summed E-state index contributed by atoms with van der Waals surface area (Å²) in [4.78, 5) is 4.14. The van der Waals surface area contributed by atoms with E-state index in [9.17, 15) is 0 Å². The number of nitrogens with zero attached hydrogens (tertiary/aromatic N) is 1. The fourth-order valence-electron chi connectivity index (χ4n) is 4.39. The molecule has 5 aromatic rings. The van der Waals surface area contributed by atoms with Gasteiger partial charge in [0.15, 0.2) is 0 Å². The van der Waals surface area contributed by atoms with Gasteiger partial charge in [-0.1, -0.05) is 129 Å². The largest absolute Gasteiger partial charge is 0.265 e. The van der Waals surface area contributed by atoms with E-state index in [0.29, 0.717) is 0 Å². The maximum atomic E-state index is 4.14. The highest BCUT2D eigenvalue weighted by atomic mass is 14.6. The molecule has 1 nitrogen and oxygen atoms in total. The van der Waals surface area contributed by atoms with Gasteiger partial charge in [-0.2, -0.15) is 0 Å². The lowest BCUT2D eigenvalue weighted by atomic mass is 9.86. The first-order chi connectivity index (χ1) is 20.4. The summed E-state index contributed by atoms with van der Waals surface area (Å²) in [6.45, 7) is 6.70. The second-order valence-electron chi connectivity index (χ2n) is 11.1. The van der Waals surface area contributed by atoms with E-state index in [1.807, 2.05) is 72.8 Å². The van der Waals surface area contributed by atoms with Crippen LogP contribution in [-0.2, 0) is 5.41 Å². The molecule has 0 bridgehead atoms. The van der Waals surface area contributed by atoms with Gasteiger partial charge in [0.25, 0.3) is 0 Å². The third kappa shape index (κ3) is 7.85. The van der Waals surface area contributed by atoms with Crippen LogP contribution in [0.15, 0.2) is 122 Å². The smallest absolute Gasteiger partial charge is 0.0328 e. The van der Waals surface area contributed by atoms with Crippen molar-refractivity contribution in [3.05, 3.63) is 172 Å². The van der Waals surface area contributed by atoms with Crippen molar-refractivity contribution in [1.82, 2.24) is 4.98 Å². The molecule has 0 fully saturated rings. The minimum atomic E-state index is 0.119. The fourth-order valence-corrected chi connectivity index (χ4v) is 4.39. The van der Waals surface area contributed by atoms with Crippen LogP contribution in [0.4, 0.5) is 0 Å². The number of rotatable bonds is 4. The Morgan fingerprint density at radius 3 is 1.40 bits per heavy atom. The van der Waals surface area contributed by atoms with Crippen LogP contribution in [0.2, 0.25) is 0 Å². The first-order valence-electron chi connectivity index (χ1n) is 14.1. The van der Waals surface area contributed by atoms with Gasteiger partial charge in [0.1, 0.15) is 0 Å².